The Morgan fingerprint density at radius 3 is 2.88 bits per heavy atom. The normalized spacial score (nSPS) is 26.8. The van der Waals surface area contributed by atoms with Crippen molar-refractivity contribution in [3.05, 3.63) is 29.8 Å². The molecule has 1 saturated heterocycles. The summed E-state index contributed by atoms with van der Waals surface area (Å²) in [4.78, 5) is 30.9. The SMILES string of the molecule is O=C(NC[C@H]1CCCN1C(=O)C1CCCC12CC2)c1ncccc1F. The number of hydrogen-bond acceptors (Lipinski definition) is 3. The van der Waals surface area contributed by atoms with Crippen LogP contribution in [0, 0.1) is 17.2 Å². The van der Waals surface area contributed by atoms with Crippen LogP contribution in [0.5, 0.6) is 0 Å². The number of carbonyl (C=O) groups is 2. The molecule has 1 aromatic rings. The molecule has 0 aromatic carbocycles. The summed E-state index contributed by atoms with van der Waals surface area (Å²) in [6.45, 7) is 1.13. The van der Waals surface area contributed by atoms with E-state index in [2.05, 4.69) is 10.3 Å². The van der Waals surface area contributed by atoms with Gasteiger partial charge >= 0.3 is 0 Å². The number of rotatable bonds is 4. The highest BCUT2D eigenvalue weighted by molar-refractivity contribution is 5.92. The third-order valence-electron chi connectivity index (χ3n) is 6.23. The molecule has 2 amide bonds. The van der Waals surface area contributed by atoms with Crippen LogP contribution >= 0.6 is 0 Å². The van der Waals surface area contributed by atoms with Gasteiger partial charge in [-0.05, 0) is 56.1 Å². The van der Waals surface area contributed by atoms with E-state index in [9.17, 15) is 14.0 Å². The fourth-order valence-electron chi connectivity index (χ4n) is 4.67. The molecule has 5 nitrogen and oxygen atoms in total. The predicted molar refractivity (Wildman–Crippen MR) is 90.3 cm³/mol. The maximum absolute atomic E-state index is 13.7. The van der Waals surface area contributed by atoms with E-state index >= 15 is 0 Å². The minimum atomic E-state index is -0.624. The van der Waals surface area contributed by atoms with E-state index in [1.165, 1.54) is 37.6 Å². The molecular weight excluding hydrogens is 321 g/mol. The average Bonchev–Trinajstić information content (AvgIpc) is 3.05. The first kappa shape index (κ1) is 16.5. The van der Waals surface area contributed by atoms with Gasteiger partial charge in [-0.15, -0.1) is 0 Å². The lowest BCUT2D eigenvalue weighted by Gasteiger charge is -2.30. The Hall–Kier alpha value is -1.98. The average molecular weight is 345 g/mol. The number of likely N-dealkylation sites (tertiary alicyclic amines) is 1. The summed E-state index contributed by atoms with van der Waals surface area (Å²) in [5, 5.41) is 2.76. The van der Waals surface area contributed by atoms with Crippen LogP contribution in [-0.2, 0) is 4.79 Å². The maximum atomic E-state index is 13.7. The van der Waals surface area contributed by atoms with Crippen molar-refractivity contribution >= 4 is 11.8 Å². The van der Waals surface area contributed by atoms with Gasteiger partial charge in [-0.1, -0.05) is 6.42 Å². The summed E-state index contributed by atoms with van der Waals surface area (Å²) >= 11 is 0. The molecule has 1 aliphatic heterocycles. The van der Waals surface area contributed by atoms with Gasteiger partial charge in [0.2, 0.25) is 5.91 Å². The van der Waals surface area contributed by atoms with E-state index in [1.54, 1.807) is 0 Å². The molecule has 134 valence electrons. The molecule has 1 unspecified atom stereocenters. The van der Waals surface area contributed by atoms with Gasteiger partial charge in [0.25, 0.3) is 5.91 Å². The molecular formula is C19H24FN3O2. The van der Waals surface area contributed by atoms with Gasteiger partial charge in [-0.3, -0.25) is 9.59 Å². The topological polar surface area (TPSA) is 62.3 Å². The summed E-state index contributed by atoms with van der Waals surface area (Å²) in [5.41, 5.74) is 0.107. The molecule has 1 spiro atoms. The van der Waals surface area contributed by atoms with Crippen LogP contribution in [-0.4, -0.2) is 40.8 Å². The predicted octanol–water partition coefficient (Wildman–Crippen LogP) is 2.52. The first-order valence-corrected chi connectivity index (χ1v) is 9.30. The lowest BCUT2D eigenvalue weighted by atomic mass is 9.91. The fraction of sp³-hybridized carbons (Fsp3) is 0.632. The van der Waals surface area contributed by atoms with Gasteiger partial charge in [0.05, 0.1) is 0 Å². The molecule has 3 fully saturated rings. The molecule has 0 radical (unpaired) electrons. The molecule has 4 rings (SSSR count). The Balaban J connectivity index is 1.38. The number of pyridine rings is 1. The van der Waals surface area contributed by atoms with Crippen LogP contribution < -0.4 is 5.32 Å². The molecule has 2 heterocycles. The summed E-state index contributed by atoms with van der Waals surface area (Å²) in [7, 11) is 0. The van der Waals surface area contributed by atoms with Crippen LogP contribution in [0.15, 0.2) is 18.3 Å². The number of hydrogen-bond donors (Lipinski definition) is 1. The molecule has 2 atom stereocenters. The molecule has 1 aromatic heterocycles. The highest BCUT2D eigenvalue weighted by Crippen LogP contribution is 2.61. The third kappa shape index (κ3) is 3.02. The van der Waals surface area contributed by atoms with Gasteiger partial charge in [0, 0.05) is 31.2 Å². The summed E-state index contributed by atoms with van der Waals surface area (Å²) < 4.78 is 13.7. The van der Waals surface area contributed by atoms with Crippen molar-refractivity contribution in [2.24, 2.45) is 11.3 Å². The second-order valence-electron chi connectivity index (χ2n) is 7.68. The number of amides is 2. The van der Waals surface area contributed by atoms with Gasteiger partial charge in [-0.25, -0.2) is 9.37 Å². The molecule has 25 heavy (non-hydrogen) atoms. The second-order valence-corrected chi connectivity index (χ2v) is 7.68. The van der Waals surface area contributed by atoms with Crippen LogP contribution in [0.2, 0.25) is 0 Å². The molecule has 0 bridgehead atoms. The Morgan fingerprint density at radius 2 is 2.12 bits per heavy atom. The van der Waals surface area contributed by atoms with Gasteiger partial charge in [0.1, 0.15) is 0 Å². The van der Waals surface area contributed by atoms with Crippen LogP contribution in [0.4, 0.5) is 4.39 Å². The highest BCUT2D eigenvalue weighted by atomic mass is 19.1. The number of carbonyl (C=O) groups excluding carboxylic acids is 2. The minimum absolute atomic E-state index is 0.0135. The van der Waals surface area contributed by atoms with Crippen molar-refractivity contribution in [2.75, 3.05) is 13.1 Å². The number of nitrogens with zero attached hydrogens (tertiary/aromatic N) is 2. The van der Waals surface area contributed by atoms with E-state index < -0.39 is 11.7 Å². The molecule has 2 saturated carbocycles. The maximum Gasteiger partial charge on any atom is 0.273 e. The summed E-state index contributed by atoms with van der Waals surface area (Å²) in [6.07, 6.45) is 8.99. The zero-order valence-corrected chi connectivity index (χ0v) is 14.3. The Labute approximate surface area is 147 Å². The lowest BCUT2D eigenvalue weighted by molar-refractivity contribution is -0.137. The van der Waals surface area contributed by atoms with Crippen molar-refractivity contribution < 1.29 is 14.0 Å². The fourth-order valence-corrected chi connectivity index (χ4v) is 4.67. The van der Waals surface area contributed by atoms with E-state index in [4.69, 9.17) is 0 Å². The summed E-state index contributed by atoms with van der Waals surface area (Å²) in [5.74, 6) is -0.689. The number of aromatic nitrogens is 1. The van der Waals surface area contributed by atoms with Crippen molar-refractivity contribution in [1.82, 2.24) is 15.2 Å². The van der Waals surface area contributed by atoms with E-state index in [0.717, 1.165) is 32.2 Å². The number of halogens is 1. The Bertz CT molecular complexity index is 689. The van der Waals surface area contributed by atoms with E-state index in [0.29, 0.717) is 12.0 Å². The van der Waals surface area contributed by atoms with Gasteiger partial charge in [-0.2, -0.15) is 0 Å². The quantitative estimate of drug-likeness (QED) is 0.912. The zero-order chi connectivity index (χ0) is 17.4. The first-order valence-electron chi connectivity index (χ1n) is 9.30. The largest absolute Gasteiger partial charge is 0.349 e. The molecule has 6 heteroatoms. The molecule has 3 aliphatic rings. The van der Waals surface area contributed by atoms with Crippen LogP contribution in [0.25, 0.3) is 0 Å². The van der Waals surface area contributed by atoms with Crippen LogP contribution in [0.1, 0.15) is 55.4 Å². The first-order chi connectivity index (χ1) is 12.1. The van der Waals surface area contributed by atoms with Crippen molar-refractivity contribution in [3.8, 4) is 0 Å². The zero-order valence-electron chi connectivity index (χ0n) is 14.3. The number of nitrogens with one attached hydrogen (secondary N) is 1. The van der Waals surface area contributed by atoms with Crippen molar-refractivity contribution in [1.29, 1.82) is 0 Å². The minimum Gasteiger partial charge on any atom is -0.349 e. The second kappa shape index (κ2) is 6.39. The third-order valence-corrected chi connectivity index (χ3v) is 6.23. The standard InChI is InChI=1S/C19H24FN3O2/c20-15-6-2-10-21-16(15)17(24)22-12-13-4-3-11-23(13)18(25)14-5-1-7-19(14)8-9-19/h2,6,10,13-14H,1,3-5,7-9,11-12H2,(H,22,24)/t13-,14?/m1/s1. The smallest absolute Gasteiger partial charge is 0.273 e. The monoisotopic (exact) mass is 345 g/mol. The highest BCUT2D eigenvalue weighted by Gasteiger charge is 2.56. The van der Waals surface area contributed by atoms with Crippen LogP contribution in [0.3, 0.4) is 0 Å². The van der Waals surface area contributed by atoms with Gasteiger partial charge in [0.15, 0.2) is 11.5 Å². The Morgan fingerprint density at radius 1 is 1.28 bits per heavy atom. The van der Waals surface area contributed by atoms with E-state index in [1.807, 2.05) is 4.90 Å². The van der Waals surface area contributed by atoms with Gasteiger partial charge < -0.3 is 10.2 Å². The van der Waals surface area contributed by atoms with Crippen molar-refractivity contribution in [2.45, 2.75) is 51.0 Å². The lowest BCUT2D eigenvalue weighted by Crippen LogP contribution is -2.46. The molecule has 2 aliphatic carbocycles. The van der Waals surface area contributed by atoms with Crippen molar-refractivity contribution in [3.63, 3.8) is 0 Å². The Kier molecular flexibility index (Phi) is 4.21. The summed E-state index contributed by atoms with van der Waals surface area (Å²) in [6, 6.07) is 2.70. The molecule has 1 N–H and O–H groups in total. The van der Waals surface area contributed by atoms with E-state index in [-0.39, 0.29) is 23.6 Å².